The monoisotopic (exact) mass is 307 g/mol. The van der Waals surface area contributed by atoms with Gasteiger partial charge in [0, 0.05) is 6.54 Å². The third kappa shape index (κ3) is 3.45. The van der Waals surface area contributed by atoms with Crippen LogP contribution in [0.15, 0.2) is 42.5 Å². The maximum Gasteiger partial charge on any atom is 0.124 e. The van der Waals surface area contributed by atoms with Crippen molar-refractivity contribution in [3.8, 4) is 0 Å². The van der Waals surface area contributed by atoms with Crippen LogP contribution in [0.1, 0.15) is 42.4 Å². The Balaban J connectivity index is 1.80. The summed E-state index contributed by atoms with van der Waals surface area (Å²) in [6.45, 7) is 9.62. The second-order valence-electron chi connectivity index (χ2n) is 6.66. The van der Waals surface area contributed by atoms with Crippen LogP contribution in [-0.2, 0) is 6.54 Å². The molecular weight excluding hydrogens is 282 g/mol. The summed E-state index contributed by atoms with van der Waals surface area (Å²) in [5, 5.41) is 3.67. The molecule has 3 heteroatoms. The molecule has 0 aliphatic heterocycles. The van der Waals surface area contributed by atoms with Gasteiger partial charge in [-0.2, -0.15) is 0 Å². The van der Waals surface area contributed by atoms with Crippen molar-refractivity contribution in [3.63, 3.8) is 0 Å². The lowest BCUT2D eigenvalue weighted by atomic mass is 10.0. The zero-order valence-corrected chi connectivity index (χ0v) is 14.4. The van der Waals surface area contributed by atoms with E-state index in [1.54, 1.807) is 0 Å². The van der Waals surface area contributed by atoms with Crippen molar-refractivity contribution in [2.24, 2.45) is 5.92 Å². The minimum absolute atomic E-state index is 0.212. The lowest BCUT2D eigenvalue weighted by Gasteiger charge is -2.20. The fraction of sp³-hybridized carbons (Fsp3) is 0.350. The SMILES string of the molecule is Cc1ccc(CN[C@@H](c2nc3ccccc3[nH]2)C(C)C)cc1C. The lowest BCUT2D eigenvalue weighted by molar-refractivity contribution is 0.396. The molecule has 3 nitrogen and oxygen atoms in total. The highest BCUT2D eigenvalue weighted by Crippen LogP contribution is 2.23. The summed E-state index contributed by atoms with van der Waals surface area (Å²) in [5.74, 6) is 1.48. The van der Waals surface area contributed by atoms with Crippen LogP contribution >= 0.6 is 0 Å². The Morgan fingerprint density at radius 2 is 1.83 bits per heavy atom. The van der Waals surface area contributed by atoms with Gasteiger partial charge in [0.15, 0.2) is 0 Å². The number of H-pyrrole nitrogens is 1. The van der Waals surface area contributed by atoms with Crippen molar-refractivity contribution in [2.75, 3.05) is 0 Å². The summed E-state index contributed by atoms with van der Waals surface area (Å²) < 4.78 is 0. The molecule has 0 aliphatic rings. The topological polar surface area (TPSA) is 40.7 Å². The number of aryl methyl sites for hydroxylation is 2. The molecule has 0 radical (unpaired) electrons. The summed E-state index contributed by atoms with van der Waals surface area (Å²) >= 11 is 0. The van der Waals surface area contributed by atoms with Gasteiger partial charge >= 0.3 is 0 Å². The molecule has 0 unspecified atom stereocenters. The maximum absolute atomic E-state index is 4.76. The number of rotatable bonds is 5. The van der Waals surface area contributed by atoms with Crippen molar-refractivity contribution in [1.29, 1.82) is 0 Å². The number of nitrogens with zero attached hydrogens (tertiary/aromatic N) is 1. The molecule has 1 atom stereocenters. The maximum atomic E-state index is 4.76. The standard InChI is InChI=1S/C20H25N3/c1-13(2)19(20-22-17-7-5-6-8-18(17)23-20)21-12-16-10-9-14(3)15(4)11-16/h5-11,13,19,21H,12H2,1-4H3,(H,22,23)/t19-/m1/s1. The van der Waals surface area contributed by atoms with Gasteiger partial charge < -0.3 is 10.3 Å². The number of fused-ring (bicyclic) bond motifs is 1. The first-order valence-electron chi connectivity index (χ1n) is 8.29. The van der Waals surface area contributed by atoms with Gasteiger partial charge in [-0.15, -0.1) is 0 Å². The Kier molecular flexibility index (Phi) is 4.49. The molecule has 0 aliphatic carbocycles. The van der Waals surface area contributed by atoms with E-state index in [2.05, 4.69) is 68.3 Å². The van der Waals surface area contributed by atoms with Crippen molar-refractivity contribution in [3.05, 3.63) is 65.0 Å². The van der Waals surface area contributed by atoms with Crippen LogP contribution in [0.5, 0.6) is 0 Å². The molecule has 0 fully saturated rings. The number of imidazole rings is 1. The Morgan fingerprint density at radius 1 is 1.04 bits per heavy atom. The number of benzene rings is 2. The smallest absolute Gasteiger partial charge is 0.124 e. The fourth-order valence-corrected chi connectivity index (χ4v) is 2.91. The first kappa shape index (κ1) is 15.8. The van der Waals surface area contributed by atoms with Crippen LogP contribution in [0.4, 0.5) is 0 Å². The Hall–Kier alpha value is -2.13. The minimum atomic E-state index is 0.212. The molecule has 120 valence electrons. The summed E-state index contributed by atoms with van der Waals surface area (Å²) in [4.78, 5) is 8.22. The molecule has 0 spiro atoms. The first-order chi connectivity index (χ1) is 11.0. The van der Waals surface area contributed by atoms with Gasteiger partial charge in [0.25, 0.3) is 0 Å². The van der Waals surface area contributed by atoms with Gasteiger partial charge in [-0.25, -0.2) is 4.98 Å². The second-order valence-corrected chi connectivity index (χ2v) is 6.66. The highest BCUT2D eigenvalue weighted by Gasteiger charge is 2.19. The molecular formula is C20H25N3. The molecule has 0 bridgehead atoms. The predicted molar refractivity (Wildman–Crippen MR) is 96.4 cm³/mol. The molecule has 23 heavy (non-hydrogen) atoms. The van der Waals surface area contributed by atoms with Gasteiger partial charge in [0.2, 0.25) is 0 Å². The lowest BCUT2D eigenvalue weighted by Crippen LogP contribution is -2.26. The number of aromatic nitrogens is 2. The number of para-hydroxylation sites is 2. The van der Waals surface area contributed by atoms with Crippen molar-refractivity contribution in [2.45, 2.75) is 40.3 Å². The van der Waals surface area contributed by atoms with E-state index in [1.165, 1.54) is 16.7 Å². The Bertz CT molecular complexity index is 769. The molecule has 1 heterocycles. The zero-order valence-electron chi connectivity index (χ0n) is 14.4. The van der Waals surface area contributed by atoms with E-state index in [4.69, 9.17) is 4.98 Å². The molecule has 0 amide bonds. The average molecular weight is 307 g/mol. The summed E-state index contributed by atoms with van der Waals surface area (Å²) in [6.07, 6.45) is 0. The van der Waals surface area contributed by atoms with E-state index >= 15 is 0 Å². The van der Waals surface area contributed by atoms with E-state index in [-0.39, 0.29) is 6.04 Å². The number of hydrogen-bond acceptors (Lipinski definition) is 2. The van der Waals surface area contributed by atoms with Crippen LogP contribution in [0.25, 0.3) is 11.0 Å². The van der Waals surface area contributed by atoms with Crippen molar-refractivity contribution in [1.82, 2.24) is 15.3 Å². The summed E-state index contributed by atoms with van der Waals surface area (Å²) in [5.41, 5.74) is 6.12. The molecule has 0 saturated carbocycles. The van der Waals surface area contributed by atoms with Crippen LogP contribution in [0.2, 0.25) is 0 Å². The van der Waals surface area contributed by atoms with Gasteiger partial charge in [-0.3, -0.25) is 0 Å². The third-order valence-corrected chi connectivity index (χ3v) is 4.47. The van der Waals surface area contributed by atoms with Gasteiger partial charge in [0.05, 0.1) is 17.1 Å². The van der Waals surface area contributed by atoms with E-state index in [1.807, 2.05) is 12.1 Å². The number of hydrogen-bond donors (Lipinski definition) is 2. The van der Waals surface area contributed by atoms with Crippen LogP contribution in [0.3, 0.4) is 0 Å². The molecule has 2 N–H and O–H groups in total. The Labute approximate surface area is 138 Å². The summed E-state index contributed by atoms with van der Waals surface area (Å²) in [6, 6.07) is 15.1. The molecule has 2 aromatic carbocycles. The molecule has 0 saturated heterocycles. The van der Waals surface area contributed by atoms with Gasteiger partial charge in [-0.1, -0.05) is 44.2 Å². The van der Waals surface area contributed by atoms with Crippen LogP contribution in [0, 0.1) is 19.8 Å². The zero-order chi connectivity index (χ0) is 16.4. The van der Waals surface area contributed by atoms with Crippen molar-refractivity contribution < 1.29 is 0 Å². The average Bonchev–Trinajstić information content (AvgIpc) is 2.94. The Morgan fingerprint density at radius 3 is 2.52 bits per heavy atom. The predicted octanol–water partition coefficient (Wildman–Crippen LogP) is 4.67. The van der Waals surface area contributed by atoms with E-state index in [9.17, 15) is 0 Å². The molecule has 3 rings (SSSR count). The quantitative estimate of drug-likeness (QED) is 0.719. The van der Waals surface area contributed by atoms with Gasteiger partial charge in [-0.05, 0) is 48.6 Å². The van der Waals surface area contributed by atoms with Crippen LogP contribution < -0.4 is 5.32 Å². The molecule has 1 aromatic heterocycles. The number of aromatic amines is 1. The summed E-state index contributed by atoms with van der Waals surface area (Å²) in [7, 11) is 0. The van der Waals surface area contributed by atoms with E-state index < -0.39 is 0 Å². The third-order valence-electron chi connectivity index (χ3n) is 4.47. The highest BCUT2D eigenvalue weighted by molar-refractivity contribution is 5.74. The van der Waals surface area contributed by atoms with Crippen molar-refractivity contribution >= 4 is 11.0 Å². The van der Waals surface area contributed by atoms with Gasteiger partial charge in [0.1, 0.15) is 5.82 Å². The van der Waals surface area contributed by atoms with E-state index in [0.717, 1.165) is 23.4 Å². The fourth-order valence-electron chi connectivity index (χ4n) is 2.91. The molecule has 3 aromatic rings. The minimum Gasteiger partial charge on any atom is -0.341 e. The highest BCUT2D eigenvalue weighted by atomic mass is 15.0. The normalized spacial score (nSPS) is 12.9. The number of nitrogens with one attached hydrogen (secondary N) is 2. The second kappa shape index (κ2) is 6.55. The van der Waals surface area contributed by atoms with Crippen LogP contribution in [-0.4, -0.2) is 9.97 Å². The largest absolute Gasteiger partial charge is 0.341 e. The first-order valence-corrected chi connectivity index (χ1v) is 8.29. The van der Waals surface area contributed by atoms with E-state index in [0.29, 0.717) is 5.92 Å².